The monoisotopic (exact) mass is 286 g/mol. The lowest BCUT2D eigenvalue weighted by atomic mass is 9.96. The number of nitrogens with zero attached hydrogens (tertiary/aromatic N) is 2. The first-order valence-electron chi connectivity index (χ1n) is 7.06. The Hall–Kier alpha value is -2.30. The van der Waals surface area contributed by atoms with Crippen LogP contribution in [0.3, 0.4) is 0 Å². The predicted octanol–water partition coefficient (Wildman–Crippen LogP) is 2.13. The van der Waals surface area contributed by atoms with Crippen molar-refractivity contribution in [3.63, 3.8) is 0 Å². The minimum atomic E-state index is -0.711. The van der Waals surface area contributed by atoms with Crippen LogP contribution in [-0.2, 0) is 24.2 Å². The number of ether oxygens (including phenoxy) is 1. The molecule has 0 fully saturated rings. The Morgan fingerprint density at radius 3 is 3.14 bits per heavy atom. The second kappa shape index (κ2) is 5.60. The van der Waals surface area contributed by atoms with E-state index in [9.17, 15) is 4.79 Å². The Morgan fingerprint density at radius 1 is 1.52 bits per heavy atom. The van der Waals surface area contributed by atoms with Crippen LogP contribution in [0, 0.1) is 5.92 Å². The minimum Gasteiger partial charge on any atom is -0.497 e. The van der Waals surface area contributed by atoms with Crippen LogP contribution in [0.25, 0.3) is 0 Å². The van der Waals surface area contributed by atoms with E-state index < -0.39 is 5.97 Å². The molecule has 21 heavy (non-hydrogen) atoms. The zero-order valence-corrected chi connectivity index (χ0v) is 12.0. The van der Waals surface area contributed by atoms with Gasteiger partial charge < -0.3 is 14.4 Å². The van der Waals surface area contributed by atoms with Crippen molar-refractivity contribution in [1.29, 1.82) is 0 Å². The largest absolute Gasteiger partial charge is 0.497 e. The summed E-state index contributed by atoms with van der Waals surface area (Å²) in [6, 6.07) is 7.94. The highest BCUT2D eigenvalue weighted by Gasteiger charge is 2.26. The zero-order chi connectivity index (χ0) is 14.8. The number of rotatable bonds is 4. The fourth-order valence-electron chi connectivity index (χ4n) is 2.85. The van der Waals surface area contributed by atoms with Crippen LogP contribution in [0.2, 0.25) is 0 Å². The molecule has 1 aromatic carbocycles. The maximum Gasteiger partial charge on any atom is 0.306 e. The highest BCUT2D eigenvalue weighted by molar-refractivity contribution is 5.70. The highest BCUT2D eigenvalue weighted by Crippen LogP contribution is 2.24. The van der Waals surface area contributed by atoms with Gasteiger partial charge in [-0.1, -0.05) is 12.1 Å². The van der Waals surface area contributed by atoms with E-state index in [1.807, 2.05) is 30.5 Å². The lowest BCUT2D eigenvalue weighted by Crippen LogP contribution is -2.26. The van der Waals surface area contributed by atoms with Crippen LogP contribution in [0.4, 0.5) is 0 Å². The minimum absolute atomic E-state index is 0.279. The number of carboxylic acid groups (broad SMARTS) is 1. The first-order valence-corrected chi connectivity index (χ1v) is 7.06. The van der Waals surface area contributed by atoms with Crippen molar-refractivity contribution in [3.8, 4) is 5.75 Å². The summed E-state index contributed by atoms with van der Waals surface area (Å²) in [4.78, 5) is 15.6. The normalized spacial score (nSPS) is 17.3. The molecular formula is C16H18N2O3. The number of aliphatic carboxylic acids is 1. The molecule has 110 valence electrons. The number of benzene rings is 1. The molecule has 1 aliphatic heterocycles. The van der Waals surface area contributed by atoms with Crippen LogP contribution in [0.15, 0.2) is 30.5 Å². The molecular weight excluding hydrogens is 268 g/mol. The SMILES string of the molecule is COc1cccc(Cc2ncc3n2CCC(C(=O)O)C3)c1. The van der Waals surface area contributed by atoms with Crippen molar-refractivity contribution >= 4 is 5.97 Å². The molecule has 1 N–H and O–H groups in total. The summed E-state index contributed by atoms with van der Waals surface area (Å²) in [5.41, 5.74) is 2.16. The third-order valence-electron chi connectivity index (χ3n) is 4.02. The van der Waals surface area contributed by atoms with Gasteiger partial charge >= 0.3 is 5.97 Å². The van der Waals surface area contributed by atoms with Gasteiger partial charge in [-0.3, -0.25) is 4.79 Å². The first-order chi connectivity index (χ1) is 10.2. The van der Waals surface area contributed by atoms with Crippen molar-refractivity contribution in [2.45, 2.75) is 25.8 Å². The average molecular weight is 286 g/mol. The topological polar surface area (TPSA) is 64.4 Å². The van der Waals surface area contributed by atoms with Gasteiger partial charge in [-0.2, -0.15) is 0 Å². The van der Waals surface area contributed by atoms with E-state index in [4.69, 9.17) is 9.84 Å². The lowest BCUT2D eigenvalue weighted by Gasteiger charge is -2.22. The molecule has 1 aliphatic rings. The van der Waals surface area contributed by atoms with Crippen LogP contribution in [0.1, 0.15) is 23.5 Å². The Bertz CT molecular complexity index is 663. The van der Waals surface area contributed by atoms with Gasteiger partial charge in [-0.15, -0.1) is 0 Å². The molecule has 1 unspecified atom stereocenters. The van der Waals surface area contributed by atoms with E-state index >= 15 is 0 Å². The van der Waals surface area contributed by atoms with Crippen LogP contribution in [0.5, 0.6) is 5.75 Å². The molecule has 0 spiro atoms. The van der Waals surface area contributed by atoms with Gasteiger partial charge in [0.05, 0.1) is 13.0 Å². The first kappa shape index (κ1) is 13.7. The molecule has 0 amide bonds. The standard InChI is InChI=1S/C16H18N2O3/c1-21-14-4-2-3-11(7-14)8-15-17-10-13-9-12(16(19)20)5-6-18(13)15/h2-4,7,10,12H,5-6,8-9H2,1H3,(H,19,20). The number of imidazole rings is 1. The molecule has 2 aromatic rings. The molecule has 0 radical (unpaired) electrons. The fourth-order valence-corrected chi connectivity index (χ4v) is 2.85. The number of carboxylic acids is 1. The quantitative estimate of drug-likeness (QED) is 0.935. The van der Waals surface area contributed by atoms with Crippen molar-refractivity contribution in [2.24, 2.45) is 5.92 Å². The van der Waals surface area contributed by atoms with Crippen molar-refractivity contribution in [2.75, 3.05) is 7.11 Å². The zero-order valence-electron chi connectivity index (χ0n) is 12.0. The van der Waals surface area contributed by atoms with E-state index in [-0.39, 0.29) is 5.92 Å². The van der Waals surface area contributed by atoms with Crippen LogP contribution >= 0.6 is 0 Å². The molecule has 1 atom stereocenters. The van der Waals surface area contributed by atoms with Crippen LogP contribution in [-0.4, -0.2) is 27.7 Å². The number of fused-ring (bicyclic) bond motifs is 1. The summed E-state index contributed by atoms with van der Waals surface area (Å²) in [6.45, 7) is 0.728. The number of aromatic nitrogens is 2. The molecule has 0 saturated carbocycles. The number of hydrogen-bond donors (Lipinski definition) is 1. The molecule has 2 heterocycles. The summed E-state index contributed by atoms with van der Waals surface area (Å²) in [5.74, 6) is 0.835. The van der Waals surface area contributed by atoms with Gasteiger partial charge in [0.15, 0.2) is 0 Å². The van der Waals surface area contributed by atoms with E-state index in [0.29, 0.717) is 12.8 Å². The molecule has 1 aromatic heterocycles. The van der Waals surface area contributed by atoms with E-state index in [0.717, 1.165) is 35.8 Å². The molecule has 0 bridgehead atoms. The van der Waals surface area contributed by atoms with E-state index in [1.165, 1.54) is 0 Å². The molecule has 5 nitrogen and oxygen atoms in total. The maximum atomic E-state index is 11.1. The number of hydrogen-bond acceptors (Lipinski definition) is 3. The Balaban J connectivity index is 1.80. The third-order valence-corrected chi connectivity index (χ3v) is 4.02. The van der Waals surface area contributed by atoms with E-state index in [1.54, 1.807) is 7.11 Å². The Kier molecular flexibility index (Phi) is 3.64. The molecule has 5 heteroatoms. The third kappa shape index (κ3) is 2.77. The average Bonchev–Trinajstić information content (AvgIpc) is 2.90. The molecule has 0 saturated heterocycles. The van der Waals surface area contributed by atoms with Gasteiger partial charge in [0.2, 0.25) is 0 Å². The van der Waals surface area contributed by atoms with Gasteiger partial charge in [0.1, 0.15) is 11.6 Å². The van der Waals surface area contributed by atoms with Crippen molar-refractivity contribution in [1.82, 2.24) is 9.55 Å². The number of methoxy groups -OCH3 is 1. The molecule has 3 rings (SSSR count). The maximum absolute atomic E-state index is 11.1. The van der Waals surface area contributed by atoms with Crippen LogP contribution < -0.4 is 4.74 Å². The van der Waals surface area contributed by atoms with Crippen molar-refractivity contribution in [3.05, 3.63) is 47.5 Å². The van der Waals surface area contributed by atoms with E-state index in [2.05, 4.69) is 9.55 Å². The molecule has 0 aliphatic carbocycles. The summed E-state index contributed by atoms with van der Waals surface area (Å²) >= 11 is 0. The highest BCUT2D eigenvalue weighted by atomic mass is 16.5. The second-order valence-corrected chi connectivity index (χ2v) is 5.37. The summed E-state index contributed by atoms with van der Waals surface area (Å²) < 4.78 is 7.39. The fraction of sp³-hybridized carbons (Fsp3) is 0.375. The Morgan fingerprint density at radius 2 is 2.38 bits per heavy atom. The lowest BCUT2D eigenvalue weighted by molar-refractivity contribution is -0.142. The predicted molar refractivity (Wildman–Crippen MR) is 77.5 cm³/mol. The van der Waals surface area contributed by atoms with Gasteiger partial charge in [0, 0.05) is 31.3 Å². The summed E-state index contributed by atoms with van der Waals surface area (Å²) in [7, 11) is 1.66. The van der Waals surface area contributed by atoms with Gasteiger partial charge in [-0.25, -0.2) is 4.98 Å². The Labute approximate surface area is 123 Å². The summed E-state index contributed by atoms with van der Waals surface area (Å²) in [6.07, 6.45) is 3.78. The van der Waals surface area contributed by atoms with Gasteiger partial charge in [0.25, 0.3) is 0 Å². The summed E-state index contributed by atoms with van der Waals surface area (Å²) in [5, 5.41) is 9.12. The second-order valence-electron chi connectivity index (χ2n) is 5.37. The smallest absolute Gasteiger partial charge is 0.306 e. The van der Waals surface area contributed by atoms with Crippen molar-refractivity contribution < 1.29 is 14.6 Å². The van der Waals surface area contributed by atoms with Gasteiger partial charge in [-0.05, 0) is 24.1 Å². The number of carbonyl (C=O) groups is 1.